The Hall–Kier alpha value is -3.61. The SMILES string of the molecule is C=CC[C@H](NC(=O)[C@@H]1C[C@@H](CCCc2ccccc2)c2c(Cl)nc(NCc3cccc(C(F)(F)F)c3)c(=O)n21)B1OC2CC3CC(C3(C)C)[C@@]2(C)O1. The Labute approximate surface area is 307 Å². The van der Waals surface area contributed by atoms with Crippen molar-refractivity contribution >= 4 is 30.4 Å². The fourth-order valence-corrected chi connectivity index (χ4v) is 9.62. The molecule has 276 valence electrons. The van der Waals surface area contributed by atoms with Crippen molar-refractivity contribution in [3.63, 3.8) is 0 Å². The molecule has 2 bridgehead atoms. The minimum Gasteiger partial charge on any atom is -0.404 e. The van der Waals surface area contributed by atoms with E-state index in [2.05, 4.69) is 55.1 Å². The first-order chi connectivity index (χ1) is 24.7. The van der Waals surface area contributed by atoms with Crippen LogP contribution in [0.2, 0.25) is 5.15 Å². The summed E-state index contributed by atoms with van der Waals surface area (Å²) >= 11 is 6.81. The zero-order chi connectivity index (χ0) is 37.0. The van der Waals surface area contributed by atoms with Gasteiger partial charge in [-0.2, -0.15) is 13.2 Å². The van der Waals surface area contributed by atoms with Crippen LogP contribution in [-0.4, -0.2) is 40.2 Å². The lowest BCUT2D eigenvalue weighted by molar-refractivity contribution is -0.199. The molecule has 0 spiro atoms. The summed E-state index contributed by atoms with van der Waals surface area (Å²) in [5.41, 5.74) is 0.314. The summed E-state index contributed by atoms with van der Waals surface area (Å²) in [4.78, 5) is 32.9. The van der Waals surface area contributed by atoms with Crippen LogP contribution in [0, 0.1) is 17.3 Å². The second kappa shape index (κ2) is 14.0. The number of fused-ring (bicyclic) bond motifs is 1. The van der Waals surface area contributed by atoms with Gasteiger partial charge in [0.25, 0.3) is 5.56 Å². The quantitative estimate of drug-likeness (QED) is 0.145. The van der Waals surface area contributed by atoms with Gasteiger partial charge >= 0.3 is 13.3 Å². The van der Waals surface area contributed by atoms with Gasteiger partial charge in [0.2, 0.25) is 5.91 Å². The third kappa shape index (κ3) is 6.71. The number of carbonyl (C=O) groups excluding carboxylic acids is 1. The maximum atomic E-state index is 14.3. The molecule has 2 aromatic carbocycles. The first-order valence-electron chi connectivity index (χ1n) is 18.2. The summed E-state index contributed by atoms with van der Waals surface area (Å²) in [6, 6.07) is 14.0. The number of nitrogens with zero attached hydrogens (tertiary/aromatic N) is 2. The smallest absolute Gasteiger partial charge is 0.404 e. The van der Waals surface area contributed by atoms with E-state index in [1.165, 1.54) is 22.3 Å². The van der Waals surface area contributed by atoms with Gasteiger partial charge in [-0.3, -0.25) is 14.2 Å². The van der Waals surface area contributed by atoms with E-state index in [4.69, 9.17) is 20.9 Å². The number of alkyl halides is 3. The summed E-state index contributed by atoms with van der Waals surface area (Å²) in [7, 11) is -0.683. The predicted molar refractivity (Wildman–Crippen MR) is 195 cm³/mol. The number of hydrogen-bond acceptors (Lipinski definition) is 6. The topological polar surface area (TPSA) is 94.5 Å². The minimum absolute atomic E-state index is 0.0716. The molecule has 2 N–H and O–H groups in total. The van der Waals surface area contributed by atoms with Gasteiger partial charge in [0.05, 0.1) is 28.9 Å². The Morgan fingerprint density at radius 2 is 1.88 bits per heavy atom. The fourth-order valence-electron chi connectivity index (χ4n) is 9.29. The van der Waals surface area contributed by atoms with Crippen LogP contribution >= 0.6 is 11.6 Å². The molecule has 2 aliphatic heterocycles. The van der Waals surface area contributed by atoms with E-state index in [0.29, 0.717) is 42.4 Å². The monoisotopic (exact) mass is 736 g/mol. The first-order valence-corrected chi connectivity index (χ1v) is 18.6. The van der Waals surface area contributed by atoms with Crippen molar-refractivity contribution in [2.24, 2.45) is 17.3 Å². The van der Waals surface area contributed by atoms with E-state index in [0.717, 1.165) is 37.8 Å². The molecular weight excluding hydrogens is 692 g/mol. The van der Waals surface area contributed by atoms with E-state index >= 15 is 0 Å². The summed E-state index contributed by atoms with van der Waals surface area (Å²) < 4.78 is 54.7. The van der Waals surface area contributed by atoms with Gasteiger partial charge in [0, 0.05) is 12.5 Å². The van der Waals surface area contributed by atoms with Crippen LogP contribution in [-0.2, 0) is 33.2 Å². The molecule has 5 aliphatic rings. The Balaban J connectivity index is 1.14. The molecule has 4 fully saturated rings. The molecule has 13 heteroatoms. The van der Waals surface area contributed by atoms with Crippen molar-refractivity contribution in [3.8, 4) is 0 Å². The van der Waals surface area contributed by atoms with Crippen LogP contribution in [0.1, 0.15) is 93.6 Å². The highest BCUT2D eigenvalue weighted by Crippen LogP contribution is 2.65. The number of halogens is 4. The number of aryl methyl sites for hydroxylation is 1. The molecule has 3 aliphatic carbocycles. The summed E-state index contributed by atoms with van der Waals surface area (Å²) in [6.45, 7) is 10.5. The standard InChI is InChI=1S/C39H45BClF3N4O4/c1-5-11-31(40-51-30-21-27-20-29(37(27,2)3)38(30,4)52-40)46-35(49)28-19-25(16-9-14-23-12-7-6-8-13-23)32-33(41)47-34(36(50)48(28)32)45-22-24-15-10-17-26(18-24)39(42,43)44/h5-8,10,12-13,15,17-18,25,27-31H,1,9,11,14,16,19-22H2,2-4H3,(H,45,47)(H,46,49)/t25-,27?,28+,29?,30?,31+,38-/m1/s1. The van der Waals surface area contributed by atoms with Crippen LogP contribution in [0.5, 0.6) is 0 Å². The molecule has 52 heavy (non-hydrogen) atoms. The number of carbonyl (C=O) groups is 1. The number of anilines is 1. The highest BCUT2D eigenvalue weighted by molar-refractivity contribution is 6.48. The van der Waals surface area contributed by atoms with Crippen LogP contribution in [0.25, 0.3) is 0 Å². The van der Waals surface area contributed by atoms with Gasteiger partial charge in [-0.1, -0.05) is 74.0 Å². The maximum absolute atomic E-state index is 14.3. The predicted octanol–water partition coefficient (Wildman–Crippen LogP) is 7.91. The zero-order valence-electron chi connectivity index (χ0n) is 29.7. The number of aromatic nitrogens is 2. The summed E-state index contributed by atoms with van der Waals surface area (Å²) in [6.07, 6.45) is 2.16. The van der Waals surface area contributed by atoms with Crippen molar-refractivity contribution in [2.75, 3.05) is 5.32 Å². The lowest BCUT2D eigenvalue weighted by Crippen LogP contribution is -2.65. The fraction of sp³-hybridized carbons (Fsp3) is 0.513. The zero-order valence-corrected chi connectivity index (χ0v) is 30.5. The molecule has 3 aromatic rings. The molecule has 8 rings (SSSR count). The highest BCUT2D eigenvalue weighted by atomic mass is 35.5. The third-order valence-electron chi connectivity index (χ3n) is 12.2. The number of amides is 1. The normalized spacial score (nSPS) is 27.7. The Bertz CT molecular complexity index is 1890. The van der Waals surface area contributed by atoms with Gasteiger partial charge in [-0.25, -0.2) is 4.98 Å². The summed E-state index contributed by atoms with van der Waals surface area (Å²) in [5.74, 6) is -0.360. The molecule has 3 saturated carbocycles. The van der Waals surface area contributed by atoms with E-state index in [9.17, 15) is 22.8 Å². The minimum atomic E-state index is -4.51. The van der Waals surface area contributed by atoms with Crippen molar-refractivity contribution in [1.82, 2.24) is 14.9 Å². The third-order valence-corrected chi connectivity index (χ3v) is 12.5. The number of benzene rings is 2. The largest absolute Gasteiger partial charge is 0.482 e. The molecular formula is C39H45BClF3N4O4. The average Bonchev–Trinajstić information content (AvgIpc) is 3.68. The lowest BCUT2D eigenvalue weighted by Gasteiger charge is -2.64. The molecule has 8 nitrogen and oxygen atoms in total. The Kier molecular flexibility index (Phi) is 9.88. The van der Waals surface area contributed by atoms with Crippen molar-refractivity contribution < 1.29 is 27.3 Å². The second-order valence-electron chi connectivity index (χ2n) is 15.7. The number of rotatable bonds is 12. The highest BCUT2D eigenvalue weighted by Gasteiger charge is 2.68. The van der Waals surface area contributed by atoms with Crippen LogP contribution in [0.3, 0.4) is 0 Å². The van der Waals surface area contributed by atoms with E-state index in [-0.39, 0.29) is 40.9 Å². The maximum Gasteiger partial charge on any atom is 0.482 e. The van der Waals surface area contributed by atoms with Gasteiger partial charge < -0.3 is 19.9 Å². The van der Waals surface area contributed by atoms with Crippen LogP contribution in [0.15, 0.2) is 72.0 Å². The van der Waals surface area contributed by atoms with E-state index in [1.807, 2.05) is 18.2 Å². The molecule has 1 aromatic heterocycles. The second-order valence-corrected chi connectivity index (χ2v) is 16.0. The number of hydrogen-bond donors (Lipinski definition) is 2. The van der Waals surface area contributed by atoms with Gasteiger partial charge in [-0.15, -0.1) is 6.58 Å². The first kappa shape index (κ1) is 36.7. The average molecular weight is 737 g/mol. The van der Waals surface area contributed by atoms with Crippen molar-refractivity contribution in [2.45, 2.75) is 108 Å². The molecule has 3 unspecified atom stereocenters. The summed E-state index contributed by atoms with van der Waals surface area (Å²) in [5, 5.41) is 6.12. The van der Waals surface area contributed by atoms with Gasteiger partial charge in [0.15, 0.2) is 11.0 Å². The number of nitrogens with one attached hydrogen (secondary N) is 2. The molecule has 7 atom stereocenters. The van der Waals surface area contributed by atoms with Crippen molar-refractivity contribution in [3.05, 3.63) is 105 Å². The molecule has 1 amide bonds. The molecule has 1 saturated heterocycles. The van der Waals surface area contributed by atoms with Gasteiger partial charge in [-0.05, 0) is 92.4 Å². The molecule has 0 radical (unpaired) electrons. The lowest BCUT2D eigenvalue weighted by atomic mass is 9.43. The Morgan fingerprint density at radius 1 is 1.13 bits per heavy atom. The van der Waals surface area contributed by atoms with Crippen molar-refractivity contribution in [1.29, 1.82) is 0 Å². The molecule has 3 heterocycles. The van der Waals surface area contributed by atoms with E-state index in [1.54, 1.807) is 6.08 Å². The van der Waals surface area contributed by atoms with Gasteiger partial charge in [0.1, 0.15) is 6.04 Å². The van der Waals surface area contributed by atoms with E-state index < -0.39 is 42.0 Å². The Morgan fingerprint density at radius 3 is 2.60 bits per heavy atom. The van der Waals surface area contributed by atoms with Crippen LogP contribution in [0.4, 0.5) is 19.0 Å². The van der Waals surface area contributed by atoms with Crippen LogP contribution < -0.4 is 16.2 Å².